The first-order valence-corrected chi connectivity index (χ1v) is 20.9. The molecule has 0 saturated carbocycles. The number of rotatable bonds is 12. The van der Waals surface area contributed by atoms with Crippen molar-refractivity contribution in [3.63, 3.8) is 0 Å². The average molecular weight is 525 g/mol. The first-order chi connectivity index (χ1) is 14.6. The highest BCUT2D eigenvalue weighted by Crippen LogP contribution is 3.22. The predicted octanol–water partition coefficient (Wildman–Crippen LogP) is 9.72. The van der Waals surface area contributed by atoms with Crippen molar-refractivity contribution >= 4 is 29.8 Å². The molecule has 0 aromatic carbocycles. The van der Waals surface area contributed by atoms with E-state index in [4.69, 9.17) is 0 Å². The Hall–Kier alpha value is 1.56. The van der Waals surface area contributed by atoms with Gasteiger partial charge in [0.05, 0.1) is 29.8 Å². The van der Waals surface area contributed by atoms with Crippen LogP contribution in [-0.4, -0.2) is 67.0 Å². The van der Waals surface area contributed by atoms with E-state index in [1.165, 1.54) is 0 Å². The fourth-order valence-electron chi connectivity index (χ4n) is 5.03. The molecule has 0 unspecified atom stereocenters. The van der Waals surface area contributed by atoms with Crippen LogP contribution in [0.5, 0.6) is 0 Å². The second kappa shape index (κ2) is 13.2. The highest BCUT2D eigenvalue weighted by atomic mass is 33.0. The Kier molecular flexibility index (Phi) is 13.0. The molecule has 8 heteroatoms. The Bertz CT molecular complexity index is 418. The van der Waals surface area contributed by atoms with Crippen LogP contribution in [0.15, 0.2) is 0 Å². The second-order valence-corrected chi connectivity index (χ2v) is 28.2. The van der Waals surface area contributed by atoms with Crippen molar-refractivity contribution in [1.82, 2.24) is 18.7 Å². The number of hydrogen-bond acceptors (Lipinski definition) is 4. The minimum atomic E-state index is -0.195. The summed E-state index contributed by atoms with van der Waals surface area (Å²) in [5.41, 5.74) is 0. The van der Waals surface area contributed by atoms with E-state index < -0.39 is 0 Å². The van der Waals surface area contributed by atoms with Gasteiger partial charge in [-0.2, -0.15) is 0 Å². The lowest BCUT2D eigenvalue weighted by atomic mass is 10.3. The second-order valence-electron chi connectivity index (χ2n) is 11.3. The van der Waals surface area contributed by atoms with E-state index in [1.54, 1.807) is 0 Å². The average Bonchev–Trinajstić information content (AvgIpc) is 2.58. The van der Waals surface area contributed by atoms with Gasteiger partial charge >= 0.3 is 0 Å². The Labute approximate surface area is 207 Å². The topological polar surface area (TPSA) is 13.0 Å². The van der Waals surface area contributed by atoms with Crippen LogP contribution < -0.4 is 0 Å². The van der Waals surface area contributed by atoms with Gasteiger partial charge in [-0.25, -0.2) is 0 Å². The molecule has 0 spiro atoms. The summed E-state index contributed by atoms with van der Waals surface area (Å²) in [5, 5.41) is 0. The molecule has 192 valence electrons. The van der Waals surface area contributed by atoms with E-state index in [9.17, 15) is 0 Å². The van der Waals surface area contributed by atoms with Crippen LogP contribution in [0.4, 0.5) is 0 Å². The van der Waals surface area contributed by atoms with E-state index in [1.807, 2.05) is 0 Å². The lowest BCUT2D eigenvalue weighted by Crippen LogP contribution is -2.44. The van der Waals surface area contributed by atoms with Crippen molar-refractivity contribution in [3.8, 4) is 0 Å². The van der Waals surface area contributed by atoms with Gasteiger partial charge in [0, 0.05) is 48.3 Å². The smallest absolute Gasteiger partial charge is 0.0592 e. The Morgan fingerprint density at radius 3 is 0.406 bits per heavy atom. The molecule has 0 aliphatic carbocycles. The molecule has 1 heterocycles. The fourth-order valence-corrected chi connectivity index (χ4v) is 47.3. The van der Waals surface area contributed by atoms with Crippen LogP contribution in [0.25, 0.3) is 0 Å². The Morgan fingerprint density at radius 1 is 0.250 bits per heavy atom. The molecule has 0 atom stereocenters. The molecule has 0 bridgehead atoms. The summed E-state index contributed by atoms with van der Waals surface area (Å²) < 4.78 is 11.9. The van der Waals surface area contributed by atoms with Gasteiger partial charge in [0.15, 0.2) is 0 Å². The molecule has 1 fully saturated rings. The summed E-state index contributed by atoms with van der Waals surface area (Å²) in [7, 11) is -0.779. The highest BCUT2D eigenvalue weighted by molar-refractivity contribution is 9.07. The lowest BCUT2D eigenvalue weighted by molar-refractivity contribution is 0.305. The highest BCUT2D eigenvalue weighted by Gasteiger charge is 2.63. The maximum atomic E-state index is 2.97. The summed E-state index contributed by atoms with van der Waals surface area (Å²) in [5.74, 6) is 0. The van der Waals surface area contributed by atoms with Crippen LogP contribution >= 0.6 is 29.8 Å². The molecule has 1 aliphatic rings. The minimum Gasteiger partial charge on any atom is -0.268 e. The zero-order valence-corrected chi connectivity index (χ0v) is 27.8. The van der Waals surface area contributed by atoms with Gasteiger partial charge in [0.2, 0.25) is 0 Å². The maximum Gasteiger partial charge on any atom is 0.0592 e. The normalized spacial score (nSPS) is 25.1. The minimum absolute atomic E-state index is 0.195. The van der Waals surface area contributed by atoms with Gasteiger partial charge in [-0.3, -0.25) is 18.7 Å². The molecule has 0 N–H and O–H groups in total. The van der Waals surface area contributed by atoms with Crippen molar-refractivity contribution in [3.05, 3.63) is 0 Å². The summed E-state index contributed by atoms with van der Waals surface area (Å²) in [4.78, 5) is 0. The third-order valence-corrected chi connectivity index (χ3v) is 38.4. The molecule has 0 aromatic heterocycles. The molecule has 1 saturated heterocycles. The molecule has 4 nitrogen and oxygen atoms in total. The van der Waals surface area contributed by atoms with Crippen molar-refractivity contribution in [2.45, 2.75) is 159 Å². The zero-order valence-electron chi connectivity index (χ0n) is 24.2. The number of hydrogen-bond donors (Lipinski definition) is 0. The first-order valence-electron chi connectivity index (χ1n) is 12.9. The van der Waals surface area contributed by atoms with Crippen molar-refractivity contribution in [1.29, 1.82) is 0 Å². The fraction of sp³-hybridized carbons (Fsp3) is 1.00. The van der Waals surface area contributed by atoms with Crippen LogP contribution in [0.2, 0.25) is 0 Å². The molecule has 1 aliphatic heterocycles. The van der Waals surface area contributed by atoms with Crippen molar-refractivity contribution in [2.24, 2.45) is 0 Å². The van der Waals surface area contributed by atoms with Gasteiger partial charge in [0.25, 0.3) is 0 Å². The zero-order chi connectivity index (χ0) is 25.2. The largest absolute Gasteiger partial charge is 0.268 e. The van der Waals surface area contributed by atoms with E-state index in [-0.39, 0.29) is 29.8 Å². The molecule has 0 radical (unpaired) electrons. The summed E-state index contributed by atoms with van der Waals surface area (Å²) >= 11 is 0. The van der Waals surface area contributed by atoms with E-state index in [0.29, 0.717) is 48.3 Å². The molecule has 0 amide bonds. The summed E-state index contributed by atoms with van der Waals surface area (Å²) in [6.45, 7) is 39.1. The van der Waals surface area contributed by atoms with Crippen molar-refractivity contribution < 1.29 is 0 Å². The van der Waals surface area contributed by atoms with Gasteiger partial charge in [-0.15, -0.1) is 0 Å². The molecule has 32 heavy (non-hydrogen) atoms. The van der Waals surface area contributed by atoms with E-state index in [0.717, 1.165) is 0 Å². The molecular formula is C24H56N4P4. The van der Waals surface area contributed by atoms with Gasteiger partial charge in [-0.05, 0) is 111 Å². The van der Waals surface area contributed by atoms with Crippen LogP contribution in [0.3, 0.4) is 0 Å². The number of nitrogens with zero attached hydrogens (tertiary/aromatic N) is 4. The lowest BCUT2D eigenvalue weighted by Gasteiger charge is -2.67. The quantitative estimate of drug-likeness (QED) is 0.236. The molecule has 0 aromatic rings. The van der Waals surface area contributed by atoms with Crippen LogP contribution in [0, 0.1) is 0 Å². The van der Waals surface area contributed by atoms with Crippen LogP contribution in [-0.2, 0) is 0 Å². The predicted molar refractivity (Wildman–Crippen MR) is 156 cm³/mol. The van der Waals surface area contributed by atoms with Gasteiger partial charge in [-0.1, -0.05) is 0 Å². The van der Waals surface area contributed by atoms with Gasteiger partial charge in [0.1, 0.15) is 0 Å². The standard InChI is InChI=1S/C24H56N4P4/c1-17(2)25(18(3)4)29-30(26(19(5)6)20(7)8)32(28(23(13)14)24(15)16)31(29)27(21(9)10)22(11)12/h17-24H,1-16H3. The van der Waals surface area contributed by atoms with Gasteiger partial charge < -0.3 is 0 Å². The Balaban J connectivity index is 3.83. The first kappa shape index (κ1) is 31.6. The molecular weight excluding hydrogens is 468 g/mol. The monoisotopic (exact) mass is 524 g/mol. The summed E-state index contributed by atoms with van der Waals surface area (Å²) in [6, 6.07) is 4.79. The third kappa shape index (κ3) is 6.86. The van der Waals surface area contributed by atoms with E-state index >= 15 is 0 Å². The van der Waals surface area contributed by atoms with Crippen LogP contribution in [0.1, 0.15) is 111 Å². The van der Waals surface area contributed by atoms with E-state index in [2.05, 4.69) is 129 Å². The van der Waals surface area contributed by atoms with Crippen molar-refractivity contribution in [2.75, 3.05) is 0 Å². The SMILES string of the molecule is CC(C)N(C(C)C)P1P(N(C(C)C)C(C)C)P(N(C(C)C)C(C)C)P1N(C(C)C)C(C)C. The maximum absolute atomic E-state index is 2.97. The Morgan fingerprint density at radius 2 is 0.344 bits per heavy atom. The molecule has 1 rings (SSSR count). The third-order valence-electron chi connectivity index (χ3n) is 5.70. The summed E-state index contributed by atoms with van der Waals surface area (Å²) in [6.07, 6.45) is 0.